The number of nitrogens with zero attached hydrogens (tertiary/aromatic N) is 2. The van der Waals surface area contributed by atoms with Gasteiger partial charge >= 0.3 is 0 Å². The van der Waals surface area contributed by atoms with E-state index < -0.39 is 0 Å². The minimum atomic E-state index is 0.448. The number of hydrogen-bond acceptors (Lipinski definition) is 3. The van der Waals surface area contributed by atoms with Crippen molar-refractivity contribution < 1.29 is 4.74 Å². The number of benzene rings is 2. The van der Waals surface area contributed by atoms with E-state index in [1.54, 1.807) is 30.3 Å². The summed E-state index contributed by atoms with van der Waals surface area (Å²) in [7, 11) is 0. The number of aryl methyl sites for hydroxylation is 1. The third kappa shape index (κ3) is 3.12. The first-order chi connectivity index (χ1) is 9.22. The fourth-order valence-electron chi connectivity index (χ4n) is 1.71. The third-order valence-corrected chi connectivity index (χ3v) is 2.85. The van der Waals surface area contributed by atoms with Crippen LogP contribution in [-0.2, 0) is 6.61 Å². The maximum atomic E-state index is 8.80. The number of hydrogen-bond donors (Lipinski definition) is 0. The molecule has 0 amide bonds. The molecule has 0 bridgehead atoms. The summed E-state index contributed by atoms with van der Waals surface area (Å²) in [4.78, 5) is 0. The van der Waals surface area contributed by atoms with Crippen LogP contribution in [0.1, 0.15) is 22.3 Å². The Morgan fingerprint density at radius 2 is 1.58 bits per heavy atom. The highest BCUT2D eigenvalue weighted by atomic mass is 16.5. The van der Waals surface area contributed by atoms with Crippen molar-refractivity contribution in [3.05, 3.63) is 64.7 Å². The molecule has 0 heterocycles. The molecular formula is C16H12N2O. The fraction of sp³-hybridized carbons (Fsp3) is 0.125. The van der Waals surface area contributed by atoms with Gasteiger partial charge in [-0.3, -0.25) is 0 Å². The van der Waals surface area contributed by atoms with Gasteiger partial charge in [-0.25, -0.2) is 0 Å². The molecule has 0 aromatic heterocycles. The molecule has 2 aromatic carbocycles. The Kier molecular flexibility index (Phi) is 3.81. The zero-order valence-electron chi connectivity index (χ0n) is 10.6. The summed E-state index contributed by atoms with van der Waals surface area (Å²) in [5.74, 6) is 0.725. The number of ether oxygens (including phenoxy) is 1. The van der Waals surface area contributed by atoms with Gasteiger partial charge < -0.3 is 4.74 Å². The van der Waals surface area contributed by atoms with Crippen LogP contribution in [0.3, 0.4) is 0 Å². The lowest BCUT2D eigenvalue weighted by Crippen LogP contribution is -1.98. The van der Waals surface area contributed by atoms with E-state index in [9.17, 15) is 0 Å². The SMILES string of the molecule is Cc1cc(C#N)ccc1COc1ccc(C#N)cc1. The predicted octanol–water partition coefficient (Wildman–Crippen LogP) is 3.32. The van der Waals surface area contributed by atoms with Crippen LogP contribution < -0.4 is 4.74 Å². The van der Waals surface area contributed by atoms with Gasteiger partial charge in [0.1, 0.15) is 12.4 Å². The molecular weight excluding hydrogens is 236 g/mol. The minimum absolute atomic E-state index is 0.448. The number of rotatable bonds is 3. The molecule has 2 aromatic rings. The lowest BCUT2D eigenvalue weighted by Gasteiger charge is -2.09. The summed E-state index contributed by atoms with van der Waals surface area (Å²) in [5.41, 5.74) is 3.34. The highest BCUT2D eigenvalue weighted by molar-refractivity contribution is 5.38. The summed E-state index contributed by atoms with van der Waals surface area (Å²) in [6.07, 6.45) is 0. The third-order valence-electron chi connectivity index (χ3n) is 2.85. The Morgan fingerprint density at radius 1 is 0.947 bits per heavy atom. The summed E-state index contributed by atoms with van der Waals surface area (Å²) in [5, 5.41) is 17.5. The highest BCUT2D eigenvalue weighted by Crippen LogP contribution is 2.16. The van der Waals surface area contributed by atoms with Crippen molar-refractivity contribution in [3.8, 4) is 17.9 Å². The average Bonchev–Trinajstić information content (AvgIpc) is 2.46. The van der Waals surface area contributed by atoms with Crippen molar-refractivity contribution >= 4 is 0 Å². The second-order valence-corrected chi connectivity index (χ2v) is 4.18. The Bertz CT molecular complexity index is 661. The largest absolute Gasteiger partial charge is 0.489 e. The van der Waals surface area contributed by atoms with Gasteiger partial charge in [0.05, 0.1) is 23.3 Å². The van der Waals surface area contributed by atoms with E-state index in [4.69, 9.17) is 15.3 Å². The molecule has 0 aliphatic heterocycles. The molecule has 3 nitrogen and oxygen atoms in total. The molecule has 0 unspecified atom stereocenters. The average molecular weight is 248 g/mol. The lowest BCUT2D eigenvalue weighted by atomic mass is 10.1. The molecule has 0 spiro atoms. The quantitative estimate of drug-likeness (QED) is 0.837. The van der Waals surface area contributed by atoms with Crippen molar-refractivity contribution in [2.45, 2.75) is 13.5 Å². The van der Waals surface area contributed by atoms with Crippen LogP contribution in [-0.4, -0.2) is 0 Å². The summed E-state index contributed by atoms with van der Waals surface area (Å²) >= 11 is 0. The van der Waals surface area contributed by atoms with E-state index in [0.29, 0.717) is 17.7 Å². The van der Waals surface area contributed by atoms with E-state index in [1.807, 2.05) is 19.1 Å². The van der Waals surface area contributed by atoms with Gasteiger partial charge in [-0.2, -0.15) is 10.5 Å². The first kappa shape index (κ1) is 12.7. The molecule has 3 heteroatoms. The second kappa shape index (κ2) is 5.71. The van der Waals surface area contributed by atoms with Crippen molar-refractivity contribution in [1.29, 1.82) is 10.5 Å². The van der Waals surface area contributed by atoms with Crippen molar-refractivity contribution in [1.82, 2.24) is 0 Å². The van der Waals surface area contributed by atoms with Crippen LogP contribution in [0.25, 0.3) is 0 Å². The van der Waals surface area contributed by atoms with Crippen molar-refractivity contribution in [2.24, 2.45) is 0 Å². The van der Waals surface area contributed by atoms with Crippen LogP contribution in [0.15, 0.2) is 42.5 Å². The summed E-state index contributed by atoms with van der Waals surface area (Å²) in [6.45, 7) is 2.40. The lowest BCUT2D eigenvalue weighted by molar-refractivity contribution is 0.305. The van der Waals surface area contributed by atoms with E-state index in [-0.39, 0.29) is 0 Å². The van der Waals surface area contributed by atoms with E-state index in [2.05, 4.69) is 12.1 Å². The van der Waals surface area contributed by atoms with Gasteiger partial charge in [0.2, 0.25) is 0 Å². The van der Waals surface area contributed by atoms with Crippen molar-refractivity contribution in [3.63, 3.8) is 0 Å². The van der Waals surface area contributed by atoms with Gasteiger partial charge in [-0.1, -0.05) is 6.07 Å². The van der Waals surface area contributed by atoms with Gasteiger partial charge in [-0.15, -0.1) is 0 Å². The molecule has 19 heavy (non-hydrogen) atoms. The molecule has 2 rings (SSSR count). The summed E-state index contributed by atoms with van der Waals surface area (Å²) in [6, 6.07) is 16.7. The van der Waals surface area contributed by atoms with Gasteiger partial charge in [0.15, 0.2) is 0 Å². The predicted molar refractivity (Wildman–Crippen MR) is 71.4 cm³/mol. The zero-order chi connectivity index (χ0) is 13.7. The molecule has 0 aliphatic rings. The van der Waals surface area contributed by atoms with Crippen LogP contribution >= 0.6 is 0 Å². The van der Waals surface area contributed by atoms with Crippen LogP contribution in [0.5, 0.6) is 5.75 Å². The van der Waals surface area contributed by atoms with Crippen LogP contribution in [0.2, 0.25) is 0 Å². The molecule has 92 valence electrons. The Hall–Kier alpha value is -2.78. The molecule has 0 radical (unpaired) electrons. The smallest absolute Gasteiger partial charge is 0.119 e. The number of nitriles is 2. The highest BCUT2D eigenvalue weighted by Gasteiger charge is 2.01. The maximum Gasteiger partial charge on any atom is 0.119 e. The maximum absolute atomic E-state index is 8.80. The second-order valence-electron chi connectivity index (χ2n) is 4.18. The fourth-order valence-corrected chi connectivity index (χ4v) is 1.71. The molecule has 0 aliphatic carbocycles. The molecule has 0 atom stereocenters. The normalized spacial score (nSPS) is 9.42. The Balaban J connectivity index is 2.06. The van der Waals surface area contributed by atoms with Crippen molar-refractivity contribution in [2.75, 3.05) is 0 Å². The molecule has 0 N–H and O–H groups in total. The monoisotopic (exact) mass is 248 g/mol. The van der Waals surface area contributed by atoms with Gasteiger partial charge in [0.25, 0.3) is 0 Å². The van der Waals surface area contributed by atoms with Crippen LogP contribution in [0, 0.1) is 29.6 Å². The minimum Gasteiger partial charge on any atom is -0.489 e. The topological polar surface area (TPSA) is 56.8 Å². The van der Waals surface area contributed by atoms with E-state index in [0.717, 1.165) is 16.9 Å². The van der Waals surface area contributed by atoms with Gasteiger partial charge in [-0.05, 0) is 54.4 Å². The summed E-state index contributed by atoms with van der Waals surface area (Å²) < 4.78 is 5.65. The van der Waals surface area contributed by atoms with Gasteiger partial charge in [0, 0.05) is 0 Å². The standard InChI is InChI=1S/C16H12N2O/c1-12-8-14(10-18)2-5-15(12)11-19-16-6-3-13(9-17)4-7-16/h2-8H,11H2,1H3. The molecule has 0 fully saturated rings. The van der Waals surface area contributed by atoms with E-state index >= 15 is 0 Å². The van der Waals surface area contributed by atoms with E-state index in [1.165, 1.54) is 0 Å². The van der Waals surface area contributed by atoms with Crippen LogP contribution in [0.4, 0.5) is 0 Å². The first-order valence-corrected chi connectivity index (χ1v) is 5.85. The molecule has 0 saturated carbocycles. The molecule has 0 saturated heterocycles. The Morgan fingerprint density at radius 3 is 2.16 bits per heavy atom. The first-order valence-electron chi connectivity index (χ1n) is 5.85. The Labute approximate surface area is 112 Å². The zero-order valence-corrected chi connectivity index (χ0v) is 10.6.